The van der Waals surface area contributed by atoms with Crippen LogP contribution in [0.15, 0.2) is 48.5 Å². The van der Waals surface area contributed by atoms with Crippen LogP contribution in [0.2, 0.25) is 0 Å². The van der Waals surface area contributed by atoms with Gasteiger partial charge in [-0.15, -0.1) is 5.10 Å². The Balaban J connectivity index is 1.73. The zero-order valence-electron chi connectivity index (χ0n) is 18.1. The summed E-state index contributed by atoms with van der Waals surface area (Å²) in [5.74, 6) is 1.49. The van der Waals surface area contributed by atoms with E-state index in [1.54, 1.807) is 7.11 Å². The first-order valence-electron chi connectivity index (χ1n) is 10.5. The van der Waals surface area contributed by atoms with Gasteiger partial charge < -0.3 is 4.74 Å². The molecule has 4 aromatic rings. The van der Waals surface area contributed by atoms with Gasteiger partial charge in [-0.3, -0.25) is 0 Å². The Morgan fingerprint density at radius 3 is 2.55 bits per heavy atom. The fourth-order valence-corrected chi connectivity index (χ4v) is 3.88. The molecule has 4 rings (SSSR count). The molecule has 0 aliphatic carbocycles. The molecule has 0 N–H and O–H groups in total. The van der Waals surface area contributed by atoms with Gasteiger partial charge in [-0.2, -0.15) is 9.78 Å². The molecule has 31 heavy (non-hydrogen) atoms. The van der Waals surface area contributed by atoms with E-state index in [1.165, 1.54) is 5.56 Å². The molecule has 0 unspecified atom stereocenters. The molecule has 0 saturated heterocycles. The van der Waals surface area contributed by atoms with Crippen LogP contribution in [0.25, 0.3) is 16.8 Å². The number of nitrogens with zero attached hydrogens (tertiary/aromatic N) is 5. The molecule has 0 bridgehead atoms. The highest BCUT2D eigenvalue weighted by molar-refractivity contribution is 5.70. The minimum atomic E-state index is 0.392. The summed E-state index contributed by atoms with van der Waals surface area (Å²) in [6, 6.07) is 18.3. The maximum absolute atomic E-state index is 9.39. The Morgan fingerprint density at radius 1 is 1.06 bits per heavy atom. The fourth-order valence-electron chi connectivity index (χ4n) is 3.88. The van der Waals surface area contributed by atoms with Crippen LogP contribution < -0.4 is 0 Å². The number of nitriles is 1. The number of rotatable bonds is 7. The lowest BCUT2D eigenvalue weighted by atomic mass is 9.97. The Labute approximate surface area is 182 Å². The van der Waals surface area contributed by atoms with Gasteiger partial charge in [0.05, 0.1) is 11.6 Å². The van der Waals surface area contributed by atoms with Gasteiger partial charge in [-0.1, -0.05) is 55.8 Å². The van der Waals surface area contributed by atoms with Crippen LogP contribution in [-0.2, 0) is 24.2 Å². The van der Waals surface area contributed by atoms with Crippen molar-refractivity contribution in [3.05, 3.63) is 82.6 Å². The van der Waals surface area contributed by atoms with E-state index in [4.69, 9.17) is 14.7 Å². The standard InChI is InChI=1S/C25H25N5O/c1-4-7-23-22(25-27-17(2)29-30(25)24(28-23)16-31-3)14-18-10-12-19(13-11-18)21-9-6-5-8-20(21)15-26/h5-6,8-13H,4,7,14,16H2,1-3H3. The molecule has 0 aliphatic rings. The summed E-state index contributed by atoms with van der Waals surface area (Å²) in [5, 5.41) is 13.9. The predicted molar refractivity (Wildman–Crippen MR) is 120 cm³/mol. The maximum Gasteiger partial charge on any atom is 0.163 e. The van der Waals surface area contributed by atoms with Gasteiger partial charge >= 0.3 is 0 Å². The Bertz CT molecular complexity index is 1250. The summed E-state index contributed by atoms with van der Waals surface area (Å²) >= 11 is 0. The Kier molecular flexibility index (Phi) is 6.06. The topological polar surface area (TPSA) is 76.1 Å². The molecule has 2 heterocycles. The molecule has 0 saturated carbocycles. The first kappa shape index (κ1) is 20.7. The molecule has 0 radical (unpaired) electrons. The normalized spacial score (nSPS) is 11.0. The quantitative estimate of drug-likeness (QED) is 0.442. The molecule has 0 aliphatic heterocycles. The van der Waals surface area contributed by atoms with E-state index in [0.717, 1.165) is 58.9 Å². The van der Waals surface area contributed by atoms with Crippen molar-refractivity contribution in [3.63, 3.8) is 0 Å². The average Bonchev–Trinajstić information content (AvgIpc) is 3.19. The monoisotopic (exact) mass is 411 g/mol. The summed E-state index contributed by atoms with van der Waals surface area (Å²) in [6.45, 7) is 4.44. The third kappa shape index (κ3) is 4.18. The van der Waals surface area contributed by atoms with Gasteiger partial charge in [-0.25, -0.2) is 9.97 Å². The highest BCUT2D eigenvalue weighted by Crippen LogP contribution is 2.26. The lowest BCUT2D eigenvalue weighted by Crippen LogP contribution is -2.11. The van der Waals surface area contributed by atoms with E-state index in [2.05, 4.69) is 42.4 Å². The molecule has 0 spiro atoms. The van der Waals surface area contributed by atoms with Gasteiger partial charge in [0.25, 0.3) is 0 Å². The lowest BCUT2D eigenvalue weighted by Gasteiger charge is -2.13. The molecule has 0 amide bonds. The van der Waals surface area contributed by atoms with Crippen LogP contribution in [0.5, 0.6) is 0 Å². The second-order valence-electron chi connectivity index (χ2n) is 7.56. The van der Waals surface area contributed by atoms with Crippen LogP contribution in [0.3, 0.4) is 0 Å². The van der Waals surface area contributed by atoms with E-state index in [1.807, 2.05) is 35.7 Å². The van der Waals surface area contributed by atoms with Crippen molar-refractivity contribution in [2.75, 3.05) is 7.11 Å². The average molecular weight is 412 g/mol. The molecule has 2 aromatic heterocycles. The summed E-state index contributed by atoms with van der Waals surface area (Å²) < 4.78 is 7.15. The number of hydrogen-bond acceptors (Lipinski definition) is 5. The number of methoxy groups -OCH3 is 1. The van der Waals surface area contributed by atoms with Gasteiger partial charge in [0.2, 0.25) is 0 Å². The third-order valence-corrected chi connectivity index (χ3v) is 5.29. The molecular weight excluding hydrogens is 386 g/mol. The lowest BCUT2D eigenvalue weighted by molar-refractivity contribution is 0.175. The van der Waals surface area contributed by atoms with E-state index in [9.17, 15) is 5.26 Å². The van der Waals surface area contributed by atoms with E-state index < -0.39 is 0 Å². The number of aryl methyl sites for hydroxylation is 2. The molecule has 6 heteroatoms. The zero-order valence-corrected chi connectivity index (χ0v) is 18.1. The van der Waals surface area contributed by atoms with Crippen molar-refractivity contribution in [2.24, 2.45) is 0 Å². The molecular formula is C25H25N5O. The first-order chi connectivity index (χ1) is 15.1. The van der Waals surface area contributed by atoms with E-state index in [-0.39, 0.29) is 0 Å². The largest absolute Gasteiger partial charge is 0.377 e. The molecule has 6 nitrogen and oxygen atoms in total. The highest BCUT2D eigenvalue weighted by atomic mass is 16.5. The Morgan fingerprint density at radius 2 is 1.84 bits per heavy atom. The molecule has 0 fully saturated rings. The number of aromatic nitrogens is 4. The van der Waals surface area contributed by atoms with Gasteiger partial charge in [0.15, 0.2) is 11.5 Å². The van der Waals surface area contributed by atoms with Crippen molar-refractivity contribution >= 4 is 5.65 Å². The van der Waals surface area contributed by atoms with Gasteiger partial charge in [0.1, 0.15) is 12.4 Å². The first-order valence-corrected chi connectivity index (χ1v) is 10.5. The van der Waals surface area contributed by atoms with E-state index in [0.29, 0.717) is 12.2 Å². The van der Waals surface area contributed by atoms with Crippen molar-refractivity contribution < 1.29 is 4.74 Å². The second-order valence-corrected chi connectivity index (χ2v) is 7.56. The van der Waals surface area contributed by atoms with Crippen LogP contribution in [0, 0.1) is 18.3 Å². The number of hydrogen-bond donors (Lipinski definition) is 0. The van der Waals surface area contributed by atoms with Gasteiger partial charge in [0, 0.05) is 24.8 Å². The number of benzene rings is 2. The number of fused-ring (bicyclic) bond motifs is 1. The number of ether oxygens (including phenoxy) is 1. The smallest absolute Gasteiger partial charge is 0.163 e. The third-order valence-electron chi connectivity index (χ3n) is 5.29. The Hall–Kier alpha value is -3.56. The summed E-state index contributed by atoms with van der Waals surface area (Å²) in [5.41, 5.74) is 6.83. The summed E-state index contributed by atoms with van der Waals surface area (Å²) in [4.78, 5) is 9.58. The second kappa shape index (κ2) is 9.07. The molecule has 0 atom stereocenters. The molecule has 2 aromatic carbocycles. The van der Waals surface area contributed by atoms with Gasteiger partial charge in [-0.05, 0) is 36.1 Å². The molecule has 156 valence electrons. The van der Waals surface area contributed by atoms with Crippen LogP contribution in [0.1, 0.15) is 47.4 Å². The fraction of sp³-hybridized carbons (Fsp3) is 0.280. The predicted octanol–water partition coefficient (Wildman–Crippen LogP) is 4.66. The summed E-state index contributed by atoms with van der Waals surface area (Å²) in [7, 11) is 1.66. The minimum Gasteiger partial charge on any atom is -0.377 e. The van der Waals surface area contributed by atoms with Crippen molar-refractivity contribution in [2.45, 2.75) is 39.7 Å². The zero-order chi connectivity index (χ0) is 21.8. The van der Waals surface area contributed by atoms with Crippen LogP contribution in [-0.4, -0.2) is 26.7 Å². The van der Waals surface area contributed by atoms with Crippen LogP contribution in [0.4, 0.5) is 0 Å². The summed E-state index contributed by atoms with van der Waals surface area (Å²) in [6.07, 6.45) is 2.60. The van der Waals surface area contributed by atoms with Crippen molar-refractivity contribution in [3.8, 4) is 17.2 Å². The van der Waals surface area contributed by atoms with Crippen molar-refractivity contribution in [1.82, 2.24) is 19.6 Å². The minimum absolute atomic E-state index is 0.392. The SMILES string of the molecule is CCCc1nc(COC)n2nc(C)nc2c1Cc1ccc(-c2ccccc2C#N)cc1. The maximum atomic E-state index is 9.39. The van der Waals surface area contributed by atoms with Crippen LogP contribution >= 0.6 is 0 Å². The van der Waals surface area contributed by atoms with Crippen molar-refractivity contribution in [1.29, 1.82) is 5.26 Å². The highest BCUT2D eigenvalue weighted by Gasteiger charge is 2.17. The van der Waals surface area contributed by atoms with E-state index >= 15 is 0 Å².